The van der Waals surface area contributed by atoms with Gasteiger partial charge < -0.3 is 15.4 Å². The number of aryl methyl sites for hydroxylation is 1. The second kappa shape index (κ2) is 6.52. The molecule has 1 aliphatic carbocycles. The Bertz CT molecular complexity index is 781. The molecule has 25 heavy (non-hydrogen) atoms. The molecule has 4 nitrogen and oxygen atoms in total. The normalized spacial score (nSPS) is 20.9. The maximum Gasteiger partial charge on any atom is 0.228 e. The third-order valence-electron chi connectivity index (χ3n) is 5.47. The predicted octanol–water partition coefficient (Wildman–Crippen LogP) is 4.12. The highest BCUT2D eigenvalue weighted by Crippen LogP contribution is 2.58. The summed E-state index contributed by atoms with van der Waals surface area (Å²) in [6, 6.07) is 15.6. The summed E-state index contributed by atoms with van der Waals surface area (Å²) < 4.78 is 6.00. The van der Waals surface area contributed by atoms with Crippen molar-refractivity contribution in [2.75, 3.05) is 18.4 Å². The van der Waals surface area contributed by atoms with Crippen molar-refractivity contribution in [2.45, 2.75) is 26.2 Å². The van der Waals surface area contributed by atoms with Crippen molar-refractivity contribution in [1.82, 2.24) is 5.32 Å². The first kappa shape index (κ1) is 16.2. The molecule has 2 fully saturated rings. The van der Waals surface area contributed by atoms with Crippen LogP contribution in [0.1, 0.15) is 24.8 Å². The molecule has 0 aromatic heterocycles. The number of nitrogens with one attached hydrogen (secondary N) is 2. The van der Waals surface area contributed by atoms with E-state index in [2.05, 4.69) is 10.6 Å². The van der Waals surface area contributed by atoms with Gasteiger partial charge in [0.2, 0.25) is 5.91 Å². The van der Waals surface area contributed by atoms with Crippen LogP contribution in [0.2, 0.25) is 0 Å². The molecule has 0 bridgehead atoms. The van der Waals surface area contributed by atoms with Crippen LogP contribution in [0.4, 0.5) is 5.69 Å². The topological polar surface area (TPSA) is 50.4 Å². The third kappa shape index (κ3) is 3.40. The van der Waals surface area contributed by atoms with Crippen molar-refractivity contribution in [2.24, 2.45) is 11.3 Å². The minimum Gasteiger partial charge on any atom is -0.455 e. The Morgan fingerprint density at radius 1 is 1.16 bits per heavy atom. The molecule has 1 aliphatic heterocycles. The van der Waals surface area contributed by atoms with E-state index in [1.165, 1.54) is 0 Å². The Kier molecular flexibility index (Phi) is 4.22. The number of piperidine rings is 1. The van der Waals surface area contributed by atoms with Gasteiger partial charge in [-0.2, -0.15) is 0 Å². The molecule has 1 unspecified atom stereocenters. The van der Waals surface area contributed by atoms with Crippen LogP contribution in [0.15, 0.2) is 48.5 Å². The number of anilines is 1. The fraction of sp³-hybridized carbons (Fsp3) is 0.381. The summed E-state index contributed by atoms with van der Waals surface area (Å²) in [7, 11) is 0. The molecule has 2 N–H and O–H groups in total. The number of para-hydroxylation sites is 2. The summed E-state index contributed by atoms with van der Waals surface area (Å²) in [4.78, 5) is 12.7. The van der Waals surface area contributed by atoms with Crippen LogP contribution in [0, 0.1) is 18.3 Å². The van der Waals surface area contributed by atoms with Crippen LogP contribution in [-0.4, -0.2) is 19.0 Å². The van der Waals surface area contributed by atoms with Crippen LogP contribution < -0.4 is 15.4 Å². The highest BCUT2D eigenvalue weighted by atomic mass is 16.5. The Hall–Kier alpha value is -2.33. The molecule has 1 amide bonds. The average Bonchev–Trinajstić information content (AvgIpc) is 3.30. The fourth-order valence-corrected chi connectivity index (χ4v) is 3.88. The van der Waals surface area contributed by atoms with Gasteiger partial charge in [-0.05, 0) is 74.5 Å². The number of benzene rings is 2. The molecule has 2 aromatic carbocycles. The minimum atomic E-state index is 0.127. The molecule has 0 radical (unpaired) electrons. The highest BCUT2D eigenvalue weighted by Gasteiger charge is 2.57. The van der Waals surface area contributed by atoms with Gasteiger partial charge in [0.1, 0.15) is 5.75 Å². The number of ether oxygens (including phenoxy) is 1. The van der Waals surface area contributed by atoms with Crippen LogP contribution in [-0.2, 0) is 4.79 Å². The molecule has 4 rings (SSSR count). The SMILES string of the molecule is Cc1cccc(Oc2ccccc2NC(=O)C2CC23CCNCC3)c1. The van der Waals surface area contributed by atoms with Crippen molar-refractivity contribution >= 4 is 11.6 Å². The van der Waals surface area contributed by atoms with Gasteiger partial charge in [-0.25, -0.2) is 0 Å². The monoisotopic (exact) mass is 336 g/mol. The van der Waals surface area contributed by atoms with Gasteiger partial charge in [-0.1, -0.05) is 24.3 Å². The average molecular weight is 336 g/mol. The van der Waals surface area contributed by atoms with Gasteiger partial charge in [0, 0.05) is 5.92 Å². The lowest BCUT2D eigenvalue weighted by atomic mass is 9.92. The lowest BCUT2D eigenvalue weighted by Crippen LogP contribution is -2.31. The summed E-state index contributed by atoms with van der Waals surface area (Å²) in [5.41, 5.74) is 2.12. The van der Waals surface area contributed by atoms with E-state index in [0.29, 0.717) is 5.75 Å². The summed E-state index contributed by atoms with van der Waals surface area (Å²) in [5, 5.41) is 6.47. The largest absolute Gasteiger partial charge is 0.455 e. The second-order valence-corrected chi connectivity index (χ2v) is 7.27. The van der Waals surface area contributed by atoms with Crippen LogP contribution in [0.25, 0.3) is 0 Å². The first-order chi connectivity index (χ1) is 12.2. The Morgan fingerprint density at radius 3 is 2.76 bits per heavy atom. The molecule has 2 aromatic rings. The molecular weight excluding hydrogens is 312 g/mol. The van der Waals surface area contributed by atoms with E-state index in [1.807, 2.05) is 55.5 Å². The number of amides is 1. The van der Waals surface area contributed by atoms with E-state index >= 15 is 0 Å². The highest BCUT2D eigenvalue weighted by molar-refractivity contribution is 5.96. The standard InChI is InChI=1S/C21H24N2O2/c1-15-5-4-6-16(13-15)25-19-8-3-2-7-18(19)23-20(24)17-14-21(17)9-11-22-12-10-21/h2-8,13,17,22H,9-12,14H2,1H3,(H,23,24). The molecule has 4 heteroatoms. The van der Waals surface area contributed by atoms with Crippen molar-refractivity contribution in [3.63, 3.8) is 0 Å². The molecule has 1 saturated carbocycles. The van der Waals surface area contributed by atoms with E-state index in [-0.39, 0.29) is 17.2 Å². The Morgan fingerprint density at radius 2 is 1.96 bits per heavy atom. The second-order valence-electron chi connectivity index (χ2n) is 7.27. The zero-order valence-electron chi connectivity index (χ0n) is 14.5. The van der Waals surface area contributed by atoms with E-state index in [9.17, 15) is 4.79 Å². The van der Waals surface area contributed by atoms with Crippen LogP contribution in [0.5, 0.6) is 11.5 Å². The quantitative estimate of drug-likeness (QED) is 0.883. The Labute approximate surface area is 148 Å². The molecular formula is C21H24N2O2. The number of carbonyl (C=O) groups is 1. The van der Waals surface area contributed by atoms with Crippen molar-refractivity contribution in [3.05, 3.63) is 54.1 Å². The minimum absolute atomic E-state index is 0.127. The lowest BCUT2D eigenvalue weighted by molar-refractivity contribution is -0.118. The first-order valence-corrected chi connectivity index (χ1v) is 9.01. The third-order valence-corrected chi connectivity index (χ3v) is 5.47. The van der Waals surface area contributed by atoms with Crippen molar-refractivity contribution in [3.8, 4) is 11.5 Å². The molecule has 130 valence electrons. The van der Waals surface area contributed by atoms with E-state index < -0.39 is 0 Å². The van der Waals surface area contributed by atoms with Gasteiger partial charge in [-0.3, -0.25) is 4.79 Å². The molecule has 1 saturated heterocycles. The van der Waals surface area contributed by atoms with Gasteiger partial charge in [0.15, 0.2) is 5.75 Å². The first-order valence-electron chi connectivity index (χ1n) is 9.01. The molecule has 2 aliphatic rings. The predicted molar refractivity (Wildman–Crippen MR) is 99.0 cm³/mol. The maximum atomic E-state index is 12.7. The van der Waals surface area contributed by atoms with Crippen molar-refractivity contribution < 1.29 is 9.53 Å². The fourth-order valence-electron chi connectivity index (χ4n) is 3.88. The summed E-state index contributed by atoms with van der Waals surface area (Å²) in [5.74, 6) is 1.73. The number of carbonyl (C=O) groups excluding carboxylic acids is 1. The summed E-state index contributed by atoms with van der Waals surface area (Å²) in [6.45, 7) is 4.08. The number of hydrogen-bond acceptors (Lipinski definition) is 3. The zero-order chi connectivity index (χ0) is 17.3. The van der Waals surface area contributed by atoms with Crippen molar-refractivity contribution in [1.29, 1.82) is 0 Å². The summed E-state index contributed by atoms with van der Waals surface area (Å²) in [6.07, 6.45) is 3.22. The van der Waals surface area contributed by atoms with E-state index in [4.69, 9.17) is 4.74 Å². The molecule has 1 spiro atoms. The van der Waals surface area contributed by atoms with Gasteiger partial charge in [-0.15, -0.1) is 0 Å². The van der Waals surface area contributed by atoms with Crippen LogP contribution >= 0.6 is 0 Å². The number of rotatable bonds is 4. The molecule has 1 heterocycles. The lowest BCUT2D eigenvalue weighted by Gasteiger charge is -2.23. The maximum absolute atomic E-state index is 12.7. The van der Waals surface area contributed by atoms with Gasteiger partial charge in [0.05, 0.1) is 5.69 Å². The molecule has 1 atom stereocenters. The van der Waals surface area contributed by atoms with E-state index in [0.717, 1.165) is 49.4 Å². The number of hydrogen-bond donors (Lipinski definition) is 2. The van der Waals surface area contributed by atoms with E-state index in [1.54, 1.807) is 0 Å². The zero-order valence-corrected chi connectivity index (χ0v) is 14.5. The van der Waals surface area contributed by atoms with Gasteiger partial charge in [0.25, 0.3) is 0 Å². The Balaban J connectivity index is 1.47. The van der Waals surface area contributed by atoms with Crippen LogP contribution in [0.3, 0.4) is 0 Å². The summed E-state index contributed by atoms with van der Waals surface area (Å²) >= 11 is 0. The smallest absolute Gasteiger partial charge is 0.228 e. The van der Waals surface area contributed by atoms with Gasteiger partial charge >= 0.3 is 0 Å².